The van der Waals surface area contributed by atoms with Crippen molar-refractivity contribution in [1.29, 1.82) is 0 Å². The number of hydrazine groups is 1. The fourth-order valence-electron chi connectivity index (χ4n) is 0.465. The van der Waals surface area contributed by atoms with Crippen LogP contribution in [0.4, 0.5) is 0 Å². The number of rotatable bonds is 4. The van der Waals surface area contributed by atoms with Crippen molar-refractivity contribution in [3.05, 3.63) is 0 Å². The second-order valence-corrected chi connectivity index (χ2v) is 1.97. The first-order chi connectivity index (χ1) is 4.66. The molecule has 0 saturated heterocycles. The quantitative estimate of drug-likeness (QED) is 0.337. The molecule has 0 unspecified atom stereocenters. The van der Waals surface area contributed by atoms with Gasteiger partial charge in [0.25, 0.3) is 0 Å². The summed E-state index contributed by atoms with van der Waals surface area (Å²) in [5.74, 6) is 5.14. The third-order valence-electron chi connectivity index (χ3n) is 1.09. The van der Waals surface area contributed by atoms with Gasteiger partial charge < -0.3 is 4.74 Å². The van der Waals surface area contributed by atoms with E-state index in [1.807, 2.05) is 6.92 Å². The van der Waals surface area contributed by atoms with Gasteiger partial charge in [0.2, 0.25) is 0 Å². The highest BCUT2D eigenvalue weighted by Gasteiger charge is 1.95. The molecule has 0 aromatic rings. The maximum absolute atomic E-state index is 10.2. The van der Waals surface area contributed by atoms with Crippen molar-refractivity contribution in [2.75, 3.05) is 19.7 Å². The van der Waals surface area contributed by atoms with Crippen LogP contribution in [0, 0.1) is 0 Å². The summed E-state index contributed by atoms with van der Waals surface area (Å²) in [5, 5.41) is 1.59. The molecule has 0 amide bonds. The Labute approximate surface area is 60.9 Å². The molecular formula is C6H14N2O2. The second kappa shape index (κ2) is 5.20. The van der Waals surface area contributed by atoms with Crippen LogP contribution in [-0.4, -0.2) is 30.7 Å². The first-order valence-corrected chi connectivity index (χ1v) is 3.29. The molecule has 0 rings (SSSR count). The number of carbonyl (C=O) groups is 1. The van der Waals surface area contributed by atoms with Gasteiger partial charge in [0.05, 0.1) is 0 Å². The van der Waals surface area contributed by atoms with E-state index in [2.05, 4.69) is 4.74 Å². The molecule has 0 aliphatic carbocycles. The smallest absolute Gasteiger partial charge is 0.302 e. The molecule has 0 radical (unpaired) electrons. The SMILES string of the molecule is CCN(N)CCOC(C)=O. The standard InChI is InChI=1S/C6H14N2O2/c1-3-8(7)4-5-10-6(2)9/h3-5,7H2,1-2H3. The highest BCUT2D eigenvalue weighted by Crippen LogP contribution is 1.79. The molecular weight excluding hydrogens is 132 g/mol. The molecule has 4 nitrogen and oxygen atoms in total. The molecule has 0 atom stereocenters. The van der Waals surface area contributed by atoms with Gasteiger partial charge in [0.15, 0.2) is 0 Å². The zero-order chi connectivity index (χ0) is 7.98. The molecule has 2 N–H and O–H groups in total. The van der Waals surface area contributed by atoms with Crippen LogP contribution in [-0.2, 0) is 9.53 Å². The number of ether oxygens (including phenoxy) is 1. The van der Waals surface area contributed by atoms with Gasteiger partial charge in [0.1, 0.15) is 6.61 Å². The van der Waals surface area contributed by atoms with Gasteiger partial charge in [-0.05, 0) is 0 Å². The Morgan fingerprint density at radius 3 is 2.70 bits per heavy atom. The largest absolute Gasteiger partial charge is 0.464 e. The minimum absolute atomic E-state index is 0.260. The van der Waals surface area contributed by atoms with E-state index < -0.39 is 0 Å². The number of hydrogen-bond donors (Lipinski definition) is 1. The lowest BCUT2D eigenvalue weighted by Crippen LogP contribution is -2.34. The molecule has 0 aromatic carbocycles. The van der Waals surface area contributed by atoms with Crippen molar-refractivity contribution in [3.8, 4) is 0 Å². The summed E-state index contributed by atoms with van der Waals surface area (Å²) in [6.07, 6.45) is 0. The van der Waals surface area contributed by atoms with E-state index in [4.69, 9.17) is 5.84 Å². The molecule has 0 aliphatic heterocycles. The number of esters is 1. The Hall–Kier alpha value is -0.610. The normalized spacial score (nSPS) is 10.0. The predicted octanol–water partition coefficient (Wildman–Crippen LogP) is -0.255. The van der Waals surface area contributed by atoms with Gasteiger partial charge >= 0.3 is 5.97 Å². The van der Waals surface area contributed by atoms with Crippen molar-refractivity contribution in [3.63, 3.8) is 0 Å². The van der Waals surface area contributed by atoms with Crippen molar-refractivity contribution < 1.29 is 9.53 Å². The van der Waals surface area contributed by atoms with Crippen LogP contribution in [0.5, 0.6) is 0 Å². The van der Waals surface area contributed by atoms with E-state index in [0.29, 0.717) is 13.2 Å². The summed E-state index contributed by atoms with van der Waals surface area (Å²) in [6.45, 7) is 5.05. The monoisotopic (exact) mass is 146 g/mol. The summed E-state index contributed by atoms with van der Waals surface area (Å²) in [7, 11) is 0. The van der Waals surface area contributed by atoms with E-state index in [0.717, 1.165) is 6.54 Å². The third-order valence-corrected chi connectivity index (χ3v) is 1.09. The van der Waals surface area contributed by atoms with Gasteiger partial charge in [-0.15, -0.1) is 0 Å². The van der Waals surface area contributed by atoms with Crippen LogP contribution < -0.4 is 5.84 Å². The van der Waals surface area contributed by atoms with Gasteiger partial charge in [-0.2, -0.15) is 0 Å². The predicted molar refractivity (Wildman–Crippen MR) is 38.1 cm³/mol. The topological polar surface area (TPSA) is 55.6 Å². The molecule has 0 fully saturated rings. The molecule has 0 aromatic heterocycles. The number of likely N-dealkylation sites (N-methyl/N-ethyl adjacent to an activating group) is 1. The third kappa shape index (κ3) is 5.53. The molecule has 0 heterocycles. The Balaban J connectivity index is 3.11. The molecule has 0 spiro atoms. The van der Waals surface area contributed by atoms with Crippen LogP contribution >= 0.6 is 0 Å². The minimum Gasteiger partial charge on any atom is -0.464 e. The van der Waals surface area contributed by atoms with E-state index in [1.54, 1.807) is 5.01 Å². The second-order valence-electron chi connectivity index (χ2n) is 1.97. The minimum atomic E-state index is -0.260. The average molecular weight is 146 g/mol. The lowest BCUT2D eigenvalue weighted by molar-refractivity contribution is -0.141. The average Bonchev–Trinajstić information content (AvgIpc) is 1.87. The maximum atomic E-state index is 10.2. The number of nitrogens with zero attached hydrogens (tertiary/aromatic N) is 1. The Kier molecular flexibility index (Phi) is 4.88. The van der Waals surface area contributed by atoms with Gasteiger partial charge in [-0.3, -0.25) is 10.6 Å². The Bertz CT molecular complexity index is 106. The van der Waals surface area contributed by atoms with Crippen molar-refractivity contribution in [2.24, 2.45) is 5.84 Å². The Morgan fingerprint density at radius 2 is 2.30 bits per heavy atom. The van der Waals surface area contributed by atoms with Crippen LogP contribution in [0.25, 0.3) is 0 Å². The van der Waals surface area contributed by atoms with E-state index in [-0.39, 0.29) is 5.97 Å². The zero-order valence-corrected chi connectivity index (χ0v) is 6.46. The van der Waals surface area contributed by atoms with Crippen LogP contribution in [0.1, 0.15) is 13.8 Å². The molecule has 10 heavy (non-hydrogen) atoms. The highest BCUT2D eigenvalue weighted by atomic mass is 16.5. The summed E-state index contributed by atoms with van der Waals surface area (Å²) < 4.78 is 4.65. The van der Waals surface area contributed by atoms with Crippen molar-refractivity contribution in [1.82, 2.24) is 5.01 Å². The zero-order valence-electron chi connectivity index (χ0n) is 6.46. The van der Waals surface area contributed by atoms with Crippen LogP contribution in [0.15, 0.2) is 0 Å². The summed E-state index contributed by atoms with van der Waals surface area (Å²) in [4.78, 5) is 10.2. The highest BCUT2D eigenvalue weighted by molar-refractivity contribution is 5.65. The first kappa shape index (κ1) is 9.39. The molecule has 0 saturated carbocycles. The van der Waals surface area contributed by atoms with Crippen molar-refractivity contribution >= 4 is 5.97 Å². The molecule has 4 heteroatoms. The summed E-state index contributed by atoms with van der Waals surface area (Å²) in [6, 6.07) is 0. The molecule has 60 valence electrons. The van der Waals surface area contributed by atoms with E-state index in [1.165, 1.54) is 6.92 Å². The van der Waals surface area contributed by atoms with Gasteiger partial charge in [0, 0.05) is 20.0 Å². The van der Waals surface area contributed by atoms with Crippen LogP contribution in [0.3, 0.4) is 0 Å². The molecule has 0 bridgehead atoms. The number of hydrogen-bond acceptors (Lipinski definition) is 4. The lowest BCUT2D eigenvalue weighted by atomic mass is 10.6. The van der Waals surface area contributed by atoms with Crippen molar-refractivity contribution in [2.45, 2.75) is 13.8 Å². The van der Waals surface area contributed by atoms with E-state index >= 15 is 0 Å². The first-order valence-electron chi connectivity index (χ1n) is 3.29. The van der Waals surface area contributed by atoms with Gasteiger partial charge in [-0.1, -0.05) is 6.92 Å². The fourth-order valence-corrected chi connectivity index (χ4v) is 0.465. The van der Waals surface area contributed by atoms with E-state index in [9.17, 15) is 4.79 Å². The van der Waals surface area contributed by atoms with Crippen LogP contribution in [0.2, 0.25) is 0 Å². The summed E-state index contributed by atoms with van der Waals surface area (Å²) >= 11 is 0. The summed E-state index contributed by atoms with van der Waals surface area (Å²) in [5.41, 5.74) is 0. The molecule has 0 aliphatic rings. The maximum Gasteiger partial charge on any atom is 0.302 e. The lowest BCUT2D eigenvalue weighted by Gasteiger charge is -2.12. The fraction of sp³-hybridized carbons (Fsp3) is 0.833. The Morgan fingerprint density at radius 1 is 1.70 bits per heavy atom. The van der Waals surface area contributed by atoms with Gasteiger partial charge in [-0.25, -0.2) is 5.01 Å². The number of carbonyl (C=O) groups excluding carboxylic acids is 1. The number of nitrogens with two attached hydrogens (primary N) is 1.